The molecule has 0 aromatic carbocycles. The zero-order valence-corrected chi connectivity index (χ0v) is 37.0. The highest BCUT2D eigenvalue weighted by molar-refractivity contribution is 8.14. The van der Waals surface area contributed by atoms with Crippen molar-refractivity contribution in [1.82, 2.24) is 30.2 Å². The fourth-order valence-electron chi connectivity index (χ4n) is 5.41. The number of allylic oxidation sites excluding steroid dienone is 2. The van der Waals surface area contributed by atoms with Crippen molar-refractivity contribution in [3.8, 4) is 0 Å². The molecule has 1 aliphatic rings. The Hall–Kier alpha value is -3.49. The van der Waals surface area contributed by atoms with E-state index in [9.17, 15) is 67.8 Å². The average Bonchev–Trinajstić information content (AvgIpc) is 3.71. The summed E-state index contributed by atoms with van der Waals surface area (Å²) in [4.78, 5) is 108. The van der Waals surface area contributed by atoms with Crippen molar-refractivity contribution in [2.75, 3.05) is 37.8 Å². The number of amides is 2. The molecule has 30 heteroatoms. The molecule has 0 saturated carbocycles. The van der Waals surface area contributed by atoms with Gasteiger partial charge in [0.25, 0.3) is 15.6 Å². The number of fused-ring (bicyclic) bond motifs is 1. The van der Waals surface area contributed by atoms with Crippen LogP contribution < -0.4 is 41.0 Å². The number of rotatable bonds is 25. The zero-order valence-electron chi connectivity index (χ0n) is 33.5. The molecule has 3 heterocycles. The minimum absolute atomic E-state index is 0.0312. The van der Waals surface area contributed by atoms with E-state index in [0.29, 0.717) is 18.4 Å². The number of imidazole rings is 1. The molecular formula is C32H45N7O19P3S-5. The fraction of sp³-hybridized carbons (Fsp3) is 0.594. The smallest absolute Gasteiger partial charge is 0.274 e. The molecule has 26 nitrogen and oxygen atoms in total. The number of ether oxygens (including phenoxy) is 1. The SMILES string of the molecule is CC(C)=CCC/C(=C\C(=O)SCCNC(=O)CCNC(=O)[C@H](O)C(C)(C)COP(=O)([O-])OP(=O)([O-])OC[C@H]1O[C@@H](n2cnc3c(N)ncnc32)[C@H](O)[C@@H]1OP(=O)([O-])[O-])CC(=O)[O-]. The lowest BCUT2D eigenvalue weighted by Gasteiger charge is -2.36. The molecule has 2 aromatic rings. The fourth-order valence-corrected chi connectivity index (χ4v) is 8.80. The largest absolute Gasteiger partial charge is 0.790 e. The van der Waals surface area contributed by atoms with Crippen LogP contribution in [0.5, 0.6) is 0 Å². The number of phosphoric ester groups is 3. The van der Waals surface area contributed by atoms with Gasteiger partial charge < -0.3 is 78.9 Å². The first kappa shape index (κ1) is 52.9. The van der Waals surface area contributed by atoms with E-state index in [1.807, 2.05) is 19.9 Å². The molecule has 6 N–H and O–H groups in total. The van der Waals surface area contributed by atoms with Gasteiger partial charge in [-0.1, -0.05) is 42.8 Å². The maximum Gasteiger partial charge on any atom is 0.274 e. The number of nitrogen functional groups attached to an aromatic ring is 1. The number of aromatic nitrogens is 4. The summed E-state index contributed by atoms with van der Waals surface area (Å²) < 4.78 is 60.6. The van der Waals surface area contributed by atoms with E-state index in [1.165, 1.54) is 19.9 Å². The topological polar surface area (TPSA) is 415 Å². The first-order valence-electron chi connectivity index (χ1n) is 18.2. The van der Waals surface area contributed by atoms with Gasteiger partial charge in [-0.3, -0.25) is 28.1 Å². The number of carbonyl (C=O) groups excluding carboxylic acids is 4. The summed E-state index contributed by atoms with van der Waals surface area (Å²) >= 11 is 0.849. The Morgan fingerprint density at radius 1 is 1.05 bits per heavy atom. The van der Waals surface area contributed by atoms with Crippen LogP contribution in [0.25, 0.3) is 11.2 Å². The molecular weight excluding hydrogens is 911 g/mol. The van der Waals surface area contributed by atoms with Crippen LogP contribution in [-0.2, 0) is 55.5 Å². The number of carbonyl (C=O) groups is 4. The van der Waals surface area contributed by atoms with E-state index in [1.54, 1.807) is 0 Å². The molecule has 0 bridgehead atoms. The molecule has 2 unspecified atom stereocenters. The van der Waals surface area contributed by atoms with E-state index < -0.39 is 102 Å². The van der Waals surface area contributed by atoms with Gasteiger partial charge in [0.15, 0.2) is 17.7 Å². The molecule has 1 fully saturated rings. The monoisotopic (exact) mass is 956 g/mol. The summed E-state index contributed by atoms with van der Waals surface area (Å²) in [6.07, 6.45) is -4.15. The third kappa shape index (κ3) is 17.2. The van der Waals surface area contributed by atoms with Crippen LogP contribution in [0.15, 0.2) is 36.0 Å². The van der Waals surface area contributed by atoms with Crippen molar-refractivity contribution in [3.63, 3.8) is 0 Å². The van der Waals surface area contributed by atoms with Crippen LogP contribution in [0.4, 0.5) is 5.82 Å². The molecule has 0 radical (unpaired) electrons. The highest BCUT2D eigenvalue weighted by atomic mass is 32.2. The average molecular weight is 957 g/mol. The van der Waals surface area contributed by atoms with Crippen molar-refractivity contribution in [3.05, 3.63) is 36.0 Å². The summed E-state index contributed by atoms with van der Waals surface area (Å²) in [5.41, 5.74) is 5.44. The normalized spacial score (nSPS) is 20.8. The second kappa shape index (κ2) is 22.9. The second-order valence-corrected chi connectivity index (χ2v) is 19.5. The number of nitrogens with two attached hydrogens (primary N) is 1. The first-order chi connectivity index (χ1) is 28.7. The minimum Gasteiger partial charge on any atom is -0.790 e. The van der Waals surface area contributed by atoms with Crippen molar-refractivity contribution < 1.29 is 90.4 Å². The summed E-state index contributed by atoms with van der Waals surface area (Å²) in [5, 5.41) is 36.8. The van der Waals surface area contributed by atoms with Crippen molar-refractivity contribution >= 4 is 75.1 Å². The van der Waals surface area contributed by atoms with Gasteiger partial charge in [-0.2, -0.15) is 0 Å². The molecule has 2 aromatic heterocycles. The van der Waals surface area contributed by atoms with Gasteiger partial charge in [-0.25, -0.2) is 19.3 Å². The van der Waals surface area contributed by atoms with Gasteiger partial charge in [0.05, 0.1) is 27.4 Å². The number of anilines is 1. The summed E-state index contributed by atoms with van der Waals surface area (Å²) in [5.74, 6) is -2.86. The predicted molar refractivity (Wildman–Crippen MR) is 205 cm³/mol. The van der Waals surface area contributed by atoms with E-state index in [4.69, 9.17) is 10.5 Å². The molecule has 0 spiro atoms. The lowest BCUT2D eigenvalue weighted by Crippen LogP contribution is -2.46. The van der Waals surface area contributed by atoms with Gasteiger partial charge in [-0.15, -0.1) is 0 Å². The molecule has 62 heavy (non-hydrogen) atoms. The molecule has 1 saturated heterocycles. The number of carboxylic acid groups (broad SMARTS) is 1. The van der Waals surface area contributed by atoms with Crippen molar-refractivity contribution in [1.29, 1.82) is 0 Å². The third-order valence-electron chi connectivity index (χ3n) is 8.43. The van der Waals surface area contributed by atoms with Crippen LogP contribution >= 0.6 is 35.2 Å². The quantitative estimate of drug-likeness (QED) is 0.0286. The van der Waals surface area contributed by atoms with E-state index in [2.05, 4.69) is 43.5 Å². The Morgan fingerprint density at radius 2 is 1.73 bits per heavy atom. The number of aliphatic hydroxyl groups excluding tert-OH is 2. The number of thioether (sulfide) groups is 1. The lowest BCUT2D eigenvalue weighted by atomic mass is 9.87. The Kier molecular flexibility index (Phi) is 19.5. The van der Waals surface area contributed by atoms with Crippen molar-refractivity contribution in [2.45, 2.75) is 84.0 Å². The standard InChI is InChI=1S/C32H50N7O19P3S/c1-18(2)6-5-7-19(12-22(41)42)13-23(43)62-11-10-34-21(40)8-9-35-30(46)27(45)32(3,4)15-55-61(52,53)58-60(50,51)54-14-20-26(57-59(47,48)49)25(44)31(56-20)39-17-38-24-28(33)36-16-37-29(24)39/h6,13,16-17,20,25-27,31,44-45H,5,7-12,14-15H2,1-4H3,(H,34,40)(H,35,46)(H,41,42)(H,50,51)(H,52,53)(H2,33,36,37)(H2,47,48,49)/p-5/b19-13+/t20-,25-,26-,27+,31-/m1/s1. The van der Waals surface area contributed by atoms with Gasteiger partial charge in [0.1, 0.15) is 36.3 Å². The Morgan fingerprint density at radius 3 is 2.37 bits per heavy atom. The van der Waals surface area contributed by atoms with Gasteiger partial charge in [-0.05, 0) is 32.8 Å². The number of phosphoric acid groups is 3. The summed E-state index contributed by atoms with van der Waals surface area (Å²) in [6.45, 7) is 3.55. The van der Waals surface area contributed by atoms with Crippen LogP contribution in [0.1, 0.15) is 59.6 Å². The van der Waals surface area contributed by atoms with Crippen molar-refractivity contribution in [2.24, 2.45) is 5.41 Å². The summed E-state index contributed by atoms with van der Waals surface area (Å²) in [6, 6.07) is 0. The first-order valence-corrected chi connectivity index (χ1v) is 23.6. The number of hydrogen-bond donors (Lipinski definition) is 5. The lowest BCUT2D eigenvalue weighted by molar-refractivity contribution is -0.347. The van der Waals surface area contributed by atoms with E-state index >= 15 is 0 Å². The Balaban J connectivity index is 1.45. The maximum atomic E-state index is 12.6. The molecule has 0 aliphatic carbocycles. The number of aliphatic carboxylic acids is 1. The van der Waals surface area contributed by atoms with Gasteiger partial charge in [0.2, 0.25) is 16.9 Å². The molecule has 7 atom stereocenters. The molecule has 348 valence electrons. The molecule has 3 rings (SSSR count). The number of hydrogen-bond acceptors (Lipinski definition) is 24. The highest BCUT2D eigenvalue weighted by Gasteiger charge is 2.47. The number of nitrogens with one attached hydrogen (secondary N) is 2. The van der Waals surface area contributed by atoms with Gasteiger partial charge in [0, 0.05) is 43.1 Å². The highest BCUT2D eigenvalue weighted by Crippen LogP contribution is 2.56. The van der Waals surface area contributed by atoms with E-state index in [0.717, 1.165) is 34.6 Å². The number of nitrogens with zero attached hydrogens (tertiary/aromatic N) is 4. The van der Waals surface area contributed by atoms with E-state index in [-0.39, 0.29) is 42.2 Å². The van der Waals surface area contributed by atoms with Crippen LogP contribution in [0, 0.1) is 5.41 Å². The van der Waals surface area contributed by atoms with Crippen LogP contribution in [0.2, 0.25) is 0 Å². The zero-order chi connectivity index (χ0) is 46.6. The predicted octanol–water partition coefficient (Wildman–Crippen LogP) is -3.05. The van der Waals surface area contributed by atoms with Crippen LogP contribution in [-0.4, -0.2) is 109 Å². The Labute approximate surface area is 358 Å². The number of carboxylic acids is 1. The second-order valence-electron chi connectivity index (χ2n) is 14.3. The third-order valence-corrected chi connectivity index (χ3v) is 12.3. The summed E-state index contributed by atoms with van der Waals surface area (Å²) in [7, 11) is -17.7. The van der Waals surface area contributed by atoms with Gasteiger partial charge >= 0.3 is 0 Å². The minimum atomic E-state index is -5.94. The Bertz CT molecular complexity index is 2130. The maximum absolute atomic E-state index is 12.6. The van der Waals surface area contributed by atoms with Crippen LogP contribution in [0.3, 0.4) is 0 Å². The molecule has 1 aliphatic heterocycles. The number of aliphatic hydroxyl groups is 2. The molecule has 2 amide bonds.